The summed E-state index contributed by atoms with van der Waals surface area (Å²) in [5.74, 6) is 0. The zero-order chi connectivity index (χ0) is 6.57. The monoisotopic (exact) mass is 155 g/mol. The molecule has 0 radical (unpaired) electrons. The minimum atomic E-state index is -0.477. The van der Waals surface area contributed by atoms with Gasteiger partial charge >= 0.3 is 0 Å². The van der Waals surface area contributed by atoms with Crippen LogP contribution in [0, 0.1) is 0 Å². The molecular weight excluding hydrogens is 142 g/mol. The van der Waals surface area contributed by atoms with Gasteiger partial charge < -0.3 is 15.6 Å². The summed E-state index contributed by atoms with van der Waals surface area (Å²) in [6.45, 7) is 2.06. The summed E-state index contributed by atoms with van der Waals surface area (Å²) >= 11 is 0. The van der Waals surface area contributed by atoms with E-state index in [0.29, 0.717) is 6.61 Å². The molecule has 0 spiro atoms. The number of aliphatic hydroxyl groups is 1. The first kappa shape index (κ1) is 11.9. The molecule has 0 saturated heterocycles. The van der Waals surface area contributed by atoms with Crippen molar-refractivity contribution in [2.45, 2.75) is 19.1 Å². The van der Waals surface area contributed by atoms with E-state index in [2.05, 4.69) is 4.74 Å². The molecule has 9 heavy (non-hydrogen) atoms. The highest BCUT2D eigenvalue weighted by atomic mass is 35.5. The molecule has 0 saturated carbocycles. The first-order valence-corrected chi connectivity index (χ1v) is 2.61. The van der Waals surface area contributed by atoms with Crippen LogP contribution in [0.5, 0.6) is 0 Å². The Kier molecular flexibility index (Phi) is 8.32. The van der Waals surface area contributed by atoms with Crippen LogP contribution >= 0.6 is 12.4 Å². The topological polar surface area (TPSA) is 55.5 Å². The van der Waals surface area contributed by atoms with E-state index in [0.717, 1.165) is 0 Å². The van der Waals surface area contributed by atoms with Crippen LogP contribution in [0.1, 0.15) is 6.92 Å². The van der Waals surface area contributed by atoms with Crippen molar-refractivity contribution in [2.24, 2.45) is 5.73 Å². The average Bonchev–Trinajstić information content (AvgIpc) is 1.67. The molecule has 0 aliphatic carbocycles. The fourth-order valence-electron chi connectivity index (χ4n) is 0.332. The third-order valence-electron chi connectivity index (χ3n) is 0.979. The standard InChI is InChI=1S/C5H13NO2.ClH/c1-4(7)5(6)3-8-2;/h4-5,7H,3,6H2,1-2H3;1H/t4-,5-;/m1./s1. The first-order valence-electron chi connectivity index (χ1n) is 2.61. The minimum absolute atomic E-state index is 0. The van der Waals surface area contributed by atoms with Crippen LogP contribution in [-0.4, -0.2) is 31.0 Å². The largest absolute Gasteiger partial charge is 0.392 e. The number of ether oxygens (including phenoxy) is 1. The minimum Gasteiger partial charge on any atom is -0.392 e. The molecule has 0 heterocycles. The molecule has 2 atom stereocenters. The molecule has 0 fully saturated rings. The van der Waals surface area contributed by atoms with E-state index in [-0.39, 0.29) is 18.4 Å². The molecule has 0 aromatic heterocycles. The van der Waals surface area contributed by atoms with Crippen molar-refractivity contribution in [1.82, 2.24) is 0 Å². The molecule has 0 amide bonds. The van der Waals surface area contributed by atoms with Gasteiger partial charge in [0.15, 0.2) is 0 Å². The number of hydrogen-bond donors (Lipinski definition) is 2. The maximum absolute atomic E-state index is 8.75. The summed E-state index contributed by atoms with van der Waals surface area (Å²) in [5.41, 5.74) is 5.35. The molecular formula is C5H14ClNO2. The Hall–Kier alpha value is 0.170. The van der Waals surface area contributed by atoms with Crippen molar-refractivity contribution in [3.05, 3.63) is 0 Å². The summed E-state index contributed by atoms with van der Waals surface area (Å²) in [5, 5.41) is 8.75. The molecule has 0 unspecified atom stereocenters. The summed E-state index contributed by atoms with van der Waals surface area (Å²) in [4.78, 5) is 0. The molecule has 58 valence electrons. The smallest absolute Gasteiger partial charge is 0.0685 e. The lowest BCUT2D eigenvalue weighted by Crippen LogP contribution is -2.36. The van der Waals surface area contributed by atoms with Gasteiger partial charge in [-0.15, -0.1) is 12.4 Å². The average molecular weight is 156 g/mol. The van der Waals surface area contributed by atoms with Crippen LogP contribution in [0.15, 0.2) is 0 Å². The first-order chi connectivity index (χ1) is 3.68. The molecule has 0 bridgehead atoms. The van der Waals surface area contributed by atoms with Gasteiger partial charge in [0.1, 0.15) is 0 Å². The van der Waals surface area contributed by atoms with Crippen LogP contribution in [0.25, 0.3) is 0 Å². The molecule has 0 aliphatic rings. The lowest BCUT2D eigenvalue weighted by molar-refractivity contribution is 0.0984. The summed E-state index contributed by atoms with van der Waals surface area (Å²) in [6.07, 6.45) is -0.477. The van der Waals surface area contributed by atoms with Gasteiger partial charge in [0.25, 0.3) is 0 Å². The molecule has 0 rings (SSSR count). The van der Waals surface area contributed by atoms with E-state index in [4.69, 9.17) is 10.8 Å². The number of aliphatic hydroxyl groups excluding tert-OH is 1. The van der Waals surface area contributed by atoms with E-state index < -0.39 is 6.10 Å². The Morgan fingerprint density at radius 2 is 2.11 bits per heavy atom. The van der Waals surface area contributed by atoms with Crippen molar-refractivity contribution in [3.63, 3.8) is 0 Å². The van der Waals surface area contributed by atoms with Gasteiger partial charge in [0.2, 0.25) is 0 Å². The summed E-state index contributed by atoms with van der Waals surface area (Å²) in [7, 11) is 1.56. The highest BCUT2D eigenvalue weighted by Gasteiger charge is 2.06. The van der Waals surface area contributed by atoms with Crippen LogP contribution in [0.2, 0.25) is 0 Å². The molecule has 0 aromatic carbocycles. The van der Waals surface area contributed by atoms with Gasteiger partial charge in [-0.3, -0.25) is 0 Å². The zero-order valence-electron chi connectivity index (χ0n) is 5.70. The summed E-state index contributed by atoms with van der Waals surface area (Å²) in [6, 6.07) is -0.250. The maximum Gasteiger partial charge on any atom is 0.0685 e. The number of halogens is 1. The predicted molar refractivity (Wildman–Crippen MR) is 38.8 cm³/mol. The van der Waals surface area contributed by atoms with Crippen LogP contribution in [0.3, 0.4) is 0 Å². The SMILES string of the molecule is COC[C@@H](N)[C@@H](C)O.Cl. The van der Waals surface area contributed by atoms with Crippen molar-refractivity contribution < 1.29 is 9.84 Å². The highest BCUT2D eigenvalue weighted by molar-refractivity contribution is 5.85. The second-order valence-corrected chi connectivity index (χ2v) is 1.86. The van der Waals surface area contributed by atoms with E-state index in [9.17, 15) is 0 Å². The lowest BCUT2D eigenvalue weighted by atomic mass is 10.2. The molecule has 3 N–H and O–H groups in total. The van der Waals surface area contributed by atoms with Gasteiger partial charge in [-0.2, -0.15) is 0 Å². The van der Waals surface area contributed by atoms with Gasteiger partial charge in [0, 0.05) is 7.11 Å². The Labute approximate surface area is 61.6 Å². The van der Waals surface area contributed by atoms with Crippen molar-refractivity contribution >= 4 is 12.4 Å². The van der Waals surface area contributed by atoms with E-state index in [1.165, 1.54) is 0 Å². The van der Waals surface area contributed by atoms with Crippen LogP contribution in [-0.2, 0) is 4.74 Å². The maximum atomic E-state index is 8.75. The van der Waals surface area contributed by atoms with Crippen molar-refractivity contribution in [2.75, 3.05) is 13.7 Å². The van der Waals surface area contributed by atoms with Crippen molar-refractivity contribution in [3.8, 4) is 0 Å². The second kappa shape index (κ2) is 6.29. The van der Waals surface area contributed by atoms with Gasteiger partial charge in [-0.25, -0.2) is 0 Å². The zero-order valence-corrected chi connectivity index (χ0v) is 6.52. The number of nitrogens with two attached hydrogens (primary N) is 1. The Morgan fingerprint density at radius 1 is 1.67 bits per heavy atom. The van der Waals surface area contributed by atoms with E-state index >= 15 is 0 Å². The fraction of sp³-hybridized carbons (Fsp3) is 1.00. The highest BCUT2D eigenvalue weighted by Crippen LogP contribution is 1.86. The third kappa shape index (κ3) is 6.05. The number of rotatable bonds is 3. The molecule has 4 heteroatoms. The van der Waals surface area contributed by atoms with Crippen LogP contribution < -0.4 is 5.73 Å². The lowest BCUT2D eigenvalue weighted by Gasteiger charge is -2.11. The molecule has 3 nitrogen and oxygen atoms in total. The van der Waals surface area contributed by atoms with Gasteiger partial charge in [-0.05, 0) is 6.92 Å². The Balaban J connectivity index is 0. The van der Waals surface area contributed by atoms with E-state index in [1.807, 2.05) is 0 Å². The van der Waals surface area contributed by atoms with Gasteiger partial charge in [-0.1, -0.05) is 0 Å². The predicted octanol–water partition coefficient (Wildman–Crippen LogP) is -0.237. The Morgan fingerprint density at radius 3 is 2.22 bits per heavy atom. The quantitative estimate of drug-likeness (QED) is 0.592. The second-order valence-electron chi connectivity index (χ2n) is 1.86. The molecule has 0 aromatic rings. The van der Waals surface area contributed by atoms with Crippen LogP contribution in [0.4, 0.5) is 0 Å². The number of hydrogen-bond acceptors (Lipinski definition) is 3. The van der Waals surface area contributed by atoms with Crippen molar-refractivity contribution in [1.29, 1.82) is 0 Å². The fourth-order valence-corrected chi connectivity index (χ4v) is 0.332. The summed E-state index contributed by atoms with van der Waals surface area (Å²) < 4.78 is 4.68. The molecule has 0 aliphatic heterocycles. The van der Waals surface area contributed by atoms with E-state index in [1.54, 1.807) is 14.0 Å². The van der Waals surface area contributed by atoms with Gasteiger partial charge in [0.05, 0.1) is 18.8 Å². The number of methoxy groups -OCH3 is 1. The normalized spacial score (nSPS) is 16.0. The Bertz CT molecular complexity index is 60.9. The third-order valence-corrected chi connectivity index (χ3v) is 0.979.